The molecule has 0 bridgehead atoms. The van der Waals surface area contributed by atoms with E-state index in [1.165, 1.54) is 64.2 Å². The fourth-order valence-corrected chi connectivity index (χ4v) is 10.2. The van der Waals surface area contributed by atoms with Gasteiger partial charge in [0.05, 0.1) is 6.10 Å². The van der Waals surface area contributed by atoms with E-state index in [1.54, 1.807) is 0 Å². The van der Waals surface area contributed by atoms with Crippen molar-refractivity contribution in [2.75, 3.05) is 0 Å². The maximum atomic E-state index is 10.8. The summed E-state index contributed by atoms with van der Waals surface area (Å²) in [6, 6.07) is 0. The van der Waals surface area contributed by atoms with E-state index in [1.807, 2.05) is 0 Å². The zero-order valence-corrected chi connectivity index (χ0v) is 21.2. The zero-order valence-electron chi connectivity index (χ0n) is 21.2. The lowest BCUT2D eigenvalue weighted by molar-refractivity contribution is -0.242. The van der Waals surface area contributed by atoms with E-state index in [0.29, 0.717) is 28.1 Å². The minimum Gasteiger partial charge on any atom is -0.393 e. The van der Waals surface area contributed by atoms with Crippen molar-refractivity contribution in [3.05, 3.63) is 0 Å². The molecule has 30 heavy (non-hydrogen) atoms. The first kappa shape index (κ1) is 23.1. The van der Waals surface area contributed by atoms with E-state index in [2.05, 4.69) is 48.5 Å². The molecule has 3 N–H and O–H groups in total. The highest BCUT2D eigenvalue weighted by Crippen LogP contribution is 2.75. The van der Waals surface area contributed by atoms with Crippen molar-refractivity contribution in [2.45, 2.75) is 131 Å². The first-order valence-electron chi connectivity index (χ1n) is 13.3. The van der Waals surface area contributed by atoms with E-state index in [9.17, 15) is 5.11 Å². The van der Waals surface area contributed by atoms with Gasteiger partial charge in [-0.2, -0.15) is 0 Å². The van der Waals surface area contributed by atoms with Crippen molar-refractivity contribution >= 4 is 0 Å². The van der Waals surface area contributed by atoms with Crippen LogP contribution < -0.4 is 5.73 Å². The molecule has 0 heterocycles. The first-order chi connectivity index (χ1) is 13.8. The van der Waals surface area contributed by atoms with Gasteiger partial charge in [0.2, 0.25) is 0 Å². The van der Waals surface area contributed by atoms with Crippen LogP contribution in [0.1, 0.15) is 119 Å². The molecule has 0 aromatic carbocycles. The molecule has 0 radical (unpaired) electrons. The number of rotatable bonds is 3. The maximum absolute atomic E-state index is 10.8. The summed E-state index contributed by atoms with van der Waals surface area (Å²) in [6.45, 7) is 17.4. The average molecular weight is 418 g/mol. The molecular formula is C28H51NO. The monoisotopic (exact) mass is 417 g/mol. The summed E-state index contributed by atoms with van der Waals surface area (Å²) < 4.78 is 0. The Morgan fingerprint density at radius 2 is 1.50 bits per heavy atom. The van der Waals surface area contributed by atoms with Crippen molar-refractivity contribution in [1.29, 1.82) is 0 Å². The molecule has 2 heteroatoms. The van der Waals surface area contributed by atoms with Gasteiger partial charge in [-0.05, 0) is 110 Å². The lowest BCUT2D eigenvalue weighted by Gasteiger charge is -2.72. The van der Waals surface area contributed by atoms with Crippen LogP contribution in [0.5, 0.6) is 0 Å². The lowest BCUT2D eigenvalue weighted by atomic mass is 9.32. The van der Waals surface area contributed by atoms with Gasteiger partial charge in [-0.3, -0.25) is 0 Å². The Kier molecular flexibility index (Phi) is 5.55. The Bertz CT molecular complexity index is 655. The molecule has 4 fully saturated rings. The van der Waals surface area contributed by atoms with Crippen molar-refractivity contribution in [2.24, 2.45) is 51.1 Å². The van der Waals surface area contributed by atoms with Crippen molar-refractivity contribution in [3.63, 3.8) is 0 Å². The number of aliphatic hydroxyl groups excluding tert-OH is 1. The molecule has 4 rings (SSSR count). The van der Waals surface area contributed by atoms with Crippen molar-refractivity contribution in [3.8, 4) is 0 Å². The Balaban J connectivity index is 1.71. The van der Waals surface area contributed by atoms with Gasteiger partial charge < -0.3 is 10.8 Å². The van der Waals surface area contributed by atoms with Crippen LogP contribution in [0.3, 0.4) is 0 Å². The third kappa shape index (κ3) is 2.94. The highest BCUT2D eigenvalue weighted by Gasteiger charge is 2.68. The Labute approximate surface area is 187 Å². The lowest BCUT2D eigenvalue weighted by Crippen LogP contribution is -2.68. The van der Waals surface area contributed by atoms with Crippen LogP contribution in [0.4, 0.5) is 0 Å². The van der Waals surface area contributed by atoms with Crippen LogP contribution in [0, 0.1) is 45.3 Å². The second-order valence-electron chi connectivity index (χ2n) is 13.8. The van der Waals surface area contributed by atoms with Gasteiger partial charge in [-0.25, -0.2) is 0 Å². The largest absolute Gasteiger partial charge is 0.393 e. The van der Waals surface area contributed by atoms with Gasteiger partial charge >= 0.3 is 0 Å². The predicted molar refractivity (Wildman–Crippen MR) is 127 cm³/mol. The van der Waals surface area contributed by atoms with Crippen LogP contribution in [-0.2, 0) is 0 Å². The fraction of sp³-hybridized carbons (Fsp3) is 1.00. The maximum Gasteiger partial charge on any atom is 0.0594 e. The fourth-order valence-electron chi connectivity index (χ4n) is 10.2. The number of unbranched alkanes of at least 4 members (excludes halogenated alkanes) is 1. The topological polar surface area (TPSA) is 46.2 Å². The van der Waals surface area contributed by atoms with Gasteiger partial charge in [-0.1, -0.05) is 54.4 Å². The molecule has 2 nitrogen and oxygen atoms in total. The van der Waals surface area contributed by atoms with Crippen molar-refractivity contribution in [1.82, 2.24) is 0 Å². The third-order valence-electron chi connectivity index (χ3n) is 12.3. The van der Waals surface area contributed by atoms with E-state index >= 15 is 0 Å². The summed E-state index contributed by atoms with van der Waals surface area (Å²) in [6.07, 6.45) is 13.9. The summed E-state index contributed by atoms with van der Waals surface area (Å²) in [5.74, 6) is 2.93. The van der Waals surface area contributed by atoms with E-state index < -0.39 is 0 Å². The highest BCUT2D eigenvalue weighted by molar-refractivity contribution is 5.18. The highest BCUT2D eigenvalue weighted by atomic mass is 16.3. The van der Waals surface area contributed by atoms with Gasteiger partial charge in [0.25, 0.3) is 0 Å². The van der Waals surface area contributed by atoms with Gasteiger partial charge in [0.15, 0.2) is 0 Å². The van der Waals surface area contributed by atoms with Crippen LogP contribution in [0.15, 0.2) is 0 Å². The van der Waals surface area contributed by atoms with Gasteiger partial charge in [0.1, 0.15) is 0 Å². The summed E-state index contributed by atoms with van der Waals surface area (Å²) >= 11 is 0. The second-order valence-corrected chi connectivity index (χ2v) is 13.8. The van der Waals surface area contributed by atoms with Crippen LogP contribution in [0.2, 0.25) is 0 Å². The summed E-state index contributed by atoms with van der Waals surface area (Å²) in [7, 11) is 0. The summed E-state index contributed by atoms with van der Waals surface area (Å²) in [5, 5.41) is 10.8. The van der Waals surface area contributed by atoms with Gasteiger partial charge in [0, 0.05) is 5.54 Å². The van der Waals surface area contributed by atoms with Crippen LogP contribution in [0.25, 0.3) is 0 Å². The zero-order chi connectivity index (χ0) is 22.2. The molecule has 0 aromatic rings. The average Bonchev–Trinajstić information content (AvgIpc) is 2.66. The smallest absolute Gasteiger partial charge is 0.0594 e. The summed E-state index contributed by atoms with van der Waals surface area (Å²) in [5.41, 5.74) is 8.28. The third-order valence-corrected chi connectivity index (χ3v) is 12.3. The van der Waals surface area contributed by atoms with E-state index in [0.717, 1.165) is 18.3 Å². The molecule has 4 aliphatic carbocycles. The normalized spacial score (nSPS) is 55.3. The molecular weight excluding hydrogens is 366 g/mol. The quantitative estimate of drug-likeness (QED) is 0.522. The molecule has 0 spiro atoms. The molecule has 0 aliphatic heterocycles. The minimum absolute atomic E-state index is 0.0145. The number of nitrogens with two attached hydrogens (primary N) is 1. The number of aliphatic hydroxyl groups is 1. The number of fused-ring (bicyclic) bond motifs is 5. The molecule has 0 aromatic heterocycles. The number of hydrogen-bond acceptors (Lipinski definition) is 2. The van der Waals surface area contributed by atoms with Crippen molar-refractivity contribution < 1.29 is 5.11 Å². The standard InChI is InChI=1S/C28H51NO/c1-8-9-10-20-19-11-12-22-25(4)15-14-23(30)24(2,3)21(25)13-16-27(22,6)26(19,5)17-18-28(20,7)29/h19-23,30H,8-18,29H2,1-7H3/t19-,20?,21+,22-,23+,25+,26-,27-,28+/m1/s1. The van der Waals surface area contributed by atoms with E-state index in [4.69, 9.17) is 5.73 Å². The molecule has 9 atom stereocenters. The second kappa shape index (κ2) is 7.21. The molecule has 4 aliphatic rings. The summed E-state index contributed by atoms with van der Waals surface area (Å²) in [4.78, 5) is 0. The molecule has 0 amide bonds. The van der Waals surface area contributed by atoms with Crippen LogP contribution in [-0.4, -0.2) is 16.7 Å². The molecule has 174 valence electrons. The predicted octanol–water partition coefficient (Wildman–Crippen LogP) is 6.94. The molecule has 1 unspecified atom stereocenters. The van der Waals surface area contributed by atoms with Crippen LogP contribution >= 0.6 is 0 Å². The molecule has 0 saturated heterocycles. The Hall–Kier alpha value is -0.0800. The Morgan fingerprint density at radius 1 is 0.800 bits per heavy atom. The first-order valence-corrected chi connectivity index (χ1v) is 13.3. The Morgan fingerprint density at radius 3 is 2.17 bits per heavy atom. The van der Waals surface area contributed by atoms with Gasteiger partial charge in [-0.15, -0.1) is 0 Å². The SMILES string of the molecule is CCCCC1[C@H]2CC[C@@H]3[C@@]4(C)CC[C@H](O)C(C)(C)[C@@H]4CC[C@@]3(C)[C@]2(C)CC[C@]1(C)N. The minimum atomic E-state index is -0.127. The van der Waals surface area contributed by atoms with E-state index in [-0.39, 0.29) is 17.1 Å². The number of hydrogen-bond donors (Lipinski definition) is 2. The molecule has 4 saturated carbocycles.